The fourth-order valence-electron chi connectivity index (χ4n) is 2.97. The molecule has 1 aromatic carbocycles. The highest BCUT2D eigenvalue weighted by Crippen LogP contribution is 2.38. The molecule has 22 heavy (non-hydrogen) atoms. The Kier molecular flexibility index (Phi) is 6.07. The van der Waals surface area contributed by atoms with E-state index in [1.54, 1.807) is 14.2 Å². The van der Waals surface area contributed by atoms with Gasteiger partial charge >= 0.3 is 0 Å². The van der Waals surface area contributed by atoms with Crippen LogP contribution >= 0.6 is 0 Å². The molecule has 1 saturated heterocycles. The quantitative estimate of drug-likeness (QED) is 0.840. The van der Waals surface area contributed by atoms with Crippen molar-refractivity contribution in [3.63, 3.8) is 0 Å². The van der Waals surface area contributed by atoms with Crippen molar-refractivity contribution in [2.45, 2.75) is 32.2 Å². The predicted octanol–water partition coefficient (Wildman–Crippen LogP) is 2.37. The van der Waals surface area contributed by atoms with E-state index >= 15 is 0 Å². The first-order chi connectivity index (χ1) is 10.7. The van der Waals surface area contributed by atoms with Crippen LogP contribution in [0, 0.1) is 0 Å². The number of methoxy groups -OCH3 is 2. The van der Waals surface area contributed by atoms with Crippen LogP contribution in [0.1, 0.15) is 37.8 Å². The first-order valence-electron chi connectivity index (χ1n) is 7.92. The molecular weight excluding hydrogens is 280 g/mol. The number of hydrogen-bond donors (Lipinski definition) is 1. The van der Waals surface area contributed by atoms with Gasteiger partial charge in [0.25, 0.3) is 0 Å². The van der Waals surface area contributed by atoms with Crippen molar-refractivity contribution in [1.82, 2.24) is 10.2 Å². The number of amides is 1. The monoisotopic (exact) mass is 306 g/mol. The smallest absolute Gasteiger partial charge is 0.234 e. The van der Waals surface area contributed by atoms with E-state index in [0.29, 0.717) is 6.54 Å². The van der Waals surface area contributed by atoms with Gasteiger partial charge in [-0.25, -0.2) is 0 Å². The zero-order valence-electron chi connectivity index (χ0n) is 13.7. The van der Waals surface area contributed by atoms with Crippen LogP contribution in [0.2, 0.25) is 0 Å². The summed E-state index contributed by atoms with van der Waals surface area (Å²) in [6.07, 6.45) is 3.08. The molecule has 1 aliphatic heterocycles. The number of hydrogen-bond acceptors (Lipinski definition) is 4. The van der Waals surface area contributed by atoms with Gasteiger partial charge in [0.15, 0.2) is 0 Å². The molecule has 0 aromatic heterocycles. The lowest BCUT2D eigenvalue weighted by Gasteiger charge is -2.26. The molecule has 2 rings (SSSR count). The number of carbonyl (C=O) groups is 1. The van der Waals surface area contributed by atoms with Crippen LogP contribution in [0.25, 0.3) is 0 Å². The van der Waals surface area contributed by atoms with Crippen LogP contribution in [0.4, 0.5) is 0 Å². The van der Waals surface area contributed by atoms with Gasteiger partial charge in [0.1, 0.15) is 11.5 Å². The Morgan fingerprint density at radius 2 is 2.18 bits per heavy atom. The molecular formula is C17H26N2O3. The van der Waals surface area contributed by atoms with Gasteiger partial charge in [0.05, 0.1) is 20.8 Å². The fraction of sp³-hybridized carbons (Fsp3) is 0.588. The summed E-state index contributed by atoms with van der Waals surface area (Å²) in [4.78, 5) is 14.2. The second-order valence-electron chi connectivity index (χ2n) is 5.59. The van der Waals surface area contributed by atoms with E-state index in [4.69, 9.17) is 9.47 Å². The Morgan fingerprint density at radius 1 is 1.36 bits per heavy atom. The number of nitrogens with zero attached hydrogens (tertiary/aromatic N) is 1. The minimum atomic E-state index is 0.0932. The van der Waals surface area contributed by atoms with Gasteiger partial charge in [-0.1, -0.05) is 6.92 Å². The lowest BCUT2D eigenvalue weighted by Crippen LogP contribution is -2.37. The maximum atomic E-state index is 12.0. The molecule has 5 nitrogen and oxygen atoms in total. The van der Waals surface area contributed by atoms with E-state index in [2.05, 4.69) is 17.1 Å². The number of benzene rings is 1. The number of rotatable bonds is 7. The van der Waals surface area contributed by atoms with E-state index in [1.807, 2.05) is 18.2 Å². The molecule has 0 aliphatic carbocycles. The van der Waals surface area contributed by atoms with E-state index in [1.165, 1.54) is 0 Å². The molecule has 1 heterocycles. The zero-order chi connectivity index (χ0) is 15.9. The van der Waals surface area contributed by atoms with E-state index < -0.39 is 0 Å². The third kappa shape index (κ3) is 3.91. The van der Waals surface area contributed by atoms with E-state index in [9.17, 15) is 4.79 Å². The van der Waals surface area contributed by atoms with Crippen LogP contribution in [-0.2, 0) is 4.79 Å². The SMILES string of the molecule is CCCNC(=O)CN1CCCC1c1cc(OC)ccc1OC. The molecule has 122 valence electrons. The number of carbonyl (C=O) groups excluding carboxylic acids is 1. The maximum absolute atomic E-state index is 12.0. The van der Waals surface area contributed by atoms with Crippen molar-refractivity contribution < 1.29 is 14.3 Å². The van der Waals surface area contributed by atoms with Crippen LogP contribution in [0.3, 0.4) is 0 Å². The summed E-state index contributed by atoms with van der Waals surface area (Å²) in [6, 6.07) is 6.06. The fourth-order valence-corrected chi connectivity index (χ4v) is 2.97. The average molecular weight is 306 g/mol. The van der Waals surface area contributed by atoms with E-state index in [-0.39, 0.29) is 11.9 Å². The lowest BCUT2D eigenvalue weighted by molar-refractivity contribution is -0.122. The Hall–Kier alpha value is -1.75. The second kappa shape index (κ2) is 8.03. The topological polar surface area (TPSA) is 50.8 Å². The van der Waals surface area contributed by atoms with Gasteiger partial charge in [-0.2, -0.15) is 0 Å². The van der Waals surface area contributed by atoms with Crippen molar-refractivity contribution >= 4 is 5.91 Å². The van der Waals surface area contributed by atoms with Crippen molar-refractivity contribution in [1.29, 1.82) is 0 Å². The van der Waals surface area contributed by atoms with Gasteiger partial charge in [-0.05, 0) is 44.0 Å². The van der Waals surface area contributed by atoms with Gasteiger partial charge in [-0.3, -0.25) is 9.69 Å². The van der Waals surface area contributed by atoms with Crippen LogP contribution in [0.15, 0.2) is 18.2 Å². The van der Waals surface area contributed by atoms with Crippen molar-refractivity contribution in [2.24, 2.45) is 0 Å². The summed E-state index contributed by atoms with van der Waals surface area (Å²) < 4.78 is 10.8. The van der Waals surface area contributed by atoms with Crippen molar-refractivity contribution in [3.8, 4) is 11.5 Å². The normalized spacial score (nSPS) is 18.2. The molecule has 1 amide bonds. The molecule has 1 fully saturated rings. The summed E-state index contributed by atoms with van der Waals surface area (Å²) in [6.45, 7) is 4.16. The minimum Gasteiger partial charge on any atom is -0.497 e. The highest BCUT2D eigenvalue weighted by atomic mass is 16.5. The zero-order valence-corrected chi connectivity index (χ0v) is 13.7. The summed E-state index contributed by atoms with van der Waals surface area (Å²) in [5.74, 6) is 1.76. The first kappa shape index (κ1) is 16.6. The summed E-state index contributed by atoms with van der Waals surface area (Å²) >= 11 is 0. The van der Waals surface area contributed by atoms with Crippen molar-refractivity contribution in [2.75, 3.05) is 33.9 Å². The average Bonchev–Trinajstić information content (AvgIpc) is 3.00. The van der Waals surface area contributed by atoms with Crippen LogP contribution in [-0.4, -0.2) is 44.7 Å². The Balaban J connectivity index is 2.14. The van der Waals surface area contributed by atoms with Gasteiger partial charge in [0, 0.05) is 18.2 Å². The predicted molar refractivity (Wildman–Crippen MR) is 86.4 cm³/mol. The van der Waals surface area contributed by atoms with Crippen LogP contribution in [0.5, 0.6) is 11.5 Å². The van der Waals surface area contributed by atoms with Gasteiger partial charge in [0.2, 0.25) is 5.91 Å². The first-order valence-corrected chi connectivity index (χ1v) is 7.92. The van der Waals surface area contributed by atoms with E-state index in [0.717, 1.165) is 49.4 Å². The number of nitrogens with one attached hydrogen (secondary N) is 1. The minimum absolute atomic E-state index is 0.0932. The van der Waals surface area contributed by atoms with Gasteiger partial charge in [-0.15, -0.1) is 0 Å². The molecule has 0 bridgehead atoms. The molecule has 1 N–H and O–H groups in total. The second-order valence-corrected chi connectivity index (χ2v) is 5.59. The standard InChI is InChI=1S/C17H26N2O3/c1-4-9-18-17(20)12-19-10-5-6-15(19)14-11-13(21-2)7-8-16(14)22-3/h7-8,11,15H,4-6,9-10,12H2,1-3H3,(H,18,20). The van der Waals surface area contributed by atoms with Gasteiger partial charge < -0.3 is 14.8 Å². The summed E-state index contributed by atoms with van der Waals surface area (Å²) in [7, 11) is 3.34. The molecule has 5 heteroatoms. The Labute approximate surface area is 132 Å². The lowest BCUT2D eigenvalue weighted by atomic mass is 10.0. The van der Waals surface area contributed by atoms with Crippen LogP contribution < -0.4 is 14.8 Å². The number of ether oxygens (including phenoxy) is 2. The molecule has 0 spiro atoms. The molecule has 1 atom stereocenters. The Bertz CT molecular complexity index is 505. The molecule has 0 radical (unpaired) electrons. The largest absolute Gasteiger partial charge is 0.497 e. The highest BCUT2D eigenvalue weighted by molar-refractivity contribution is 5.78. The summed E-state index contributed by atoms with van der Waals surface area (Å²) in [5, 5.41) is 2.95. The highest BCUT2D eigenvalue weighted by Gasteiger charge is 2.29. The number of likely N-dealkylation sites (tertiary alicyclic amines) is 1. The maximum Gasteiger partial charge on any atom is 0.234 e. The van der Waals surface area contributed by atoms with Crippen molar-refractivity contribution in [3.05, 3.63) is 23.8 Å². The molecule has 0 saturated carbocycles. The third-order valence-corrected chi connectivity index (χ3v) is 4.08. The molecule has 1 aromatic rings. The Morgan fingerprint density at radius 3 is 2.86 bits per heavy atom. The summed E-state index contributed by atoms with van der Waals surface area (Å²) in [5.41, 5.74) is 1.10. The third-order valence-electron chi connectivity index (χ3n) is 4.08. The molecule has 1 aliphatic rings. The molecule has 1 unspecified atom stereocenters.